The number of carbonyl (C=O) groups excluding carboxylic acids is 1. The highest BCUT2D eigenvalue weighted by atomic mass is 32.1. The van der Waals surface area contributed by atoms with Crippen molar-refractivity contribution in [1.29, 1.82) is 0 Å². The number of benzene rings is 1. The van der Waals surface area contributed by atoms with Crippen molar-refractivity contribution in [3.63, 3.8) is 0 Å². The second-order valence-electron chi connectivity index (χ2n) is 5.90. The van der Waals surface area contributed by atoms with Crippen LogP contribution in [-0.4, -0.2) is 21.9 Å². The number of amides is 1. The molecule has 1 aromatic carbocycles. The Kier molecular flexibility index (Phi) is 4.64. The molecular formula is C17H17N3O2S2. The number of aliphatic imine (C=N–C) groups is 1. The van der Waals surface area contributed by atoms with Gasteiger partial charge >= 0.3 is 0 Å². The Balaban J connectivity index is 1.91. The predicted molar refractivity (Wildman–Crippen MR) is 101 cm³/mol. The van der Waals surface area contributed by atoms with Gasteiger partial charge in [0, 0.05) is 23.8 Å². The first-order chi connectivity index (χ1) is 11.5. The number of nitrogens with one attached hydrogen (secondary N) is 1. The quantitative estimate of drug-likeness (QED) is 0.797. The number of para-hydroxylation sites is 1. The van der Waals surface area contributed by atoms with Gasteiger partial charge in [0.05, 0.1) is 10.6 Å². The van der Waals surface area contributed by atoms with Crippen LogP contribution < -0.4 is 5.43 Å². The third kappa shape index (κ3) is 3.32. The van der Waals surface area contributed by atoms with E-state index in [1.165, 1.54) is 16.0 Å². The lowest BCUT2D eigenvalue weighted by Gasteiger charge is -2.08. The normalized spacial score (nSPS) is 14.4. The molecule has 24 heavy (non-hydrogen) atoms. The number of hydrogen-bond donors (Lipinski definition) is 2. The minimum atomic E-state index is -0.179. The van der Waals surface area contributed by atoms with E-state index in [9.17, 15) is 9.90 Å². The number of carbonyl (C=O) groups is 1. The van der Waals surface area contributed by atoms with Crippen LogP contribution in [0.4, 0.5) is 5.69 Å². The fourth-order valence-corrected chi connectivity index (χ4v) is 3.59. The first-order valence-corrected chi connectivity index (χ1v) is 8.78. The van der Waals surface area contributed by atoms with Gasteiger partial charge < -0.3 is 5.11 Å². The fourth-order valence-electron chi connectivity index (χ4n) is 2.41. The maximum Gasteiger partial charge on any atom is 0.239 e. The number of hydrogen-bond acceptors (Lipinski definition) is 5. The highest BCUT2D eigenvalue weighted by molar-refractivity contribution is 7.73. The lowest BCUT2D eigenvalue weighted by Crippen LogP contribution is -2.23. The topological polar surface area (TPSA) is 66.6 Å². The Morgan fingerprint density at radius 3 is 2.96 bits per heavy atom. The predicted octanol–water partition coefficient (Wildman–Crippen LogP) is 4.36. The Morgan fingerprint density at radius 2 is 2.21 bits per heavy atom. The van der Waals surface area contributed by atoms with E-state index in [1.54, 1.807) is 6.21 Å². The van der Waals surface area contributed by atoms with Crippen LogP contribution in [0.1, 0.15) is 30.7 Å². The molecule has 0 bridgehead atoms. The lowest BCUT2D eigenvalue weighted by molar-refractivity contribution is -0.117. The Hall–Kier alpha value is -2.25. The Morgan fingerprint density at radius 1 is 1.46 bits per heavy atom. The third-order valence-electron chi connectivity index (χ3n) is 3.49. The summed E-state index contributed by atoms with van der Waals surface area (Å²) in [4.78, 5) is 16.9. The van der Waals surface area contributed by atoms with Crippen LogP contribution in [0.5, 0.6) is 5.88 Å². The summed E-state index contributed by atoms with van der Waals surface area (Å²) in [5, 5.41) is 10.4. The van der Waals surface area contributed by atoms with Crippen molar-refractivity contribution in [3.8, 4) is 5.88 Å². The summed E-state index contributed by atoms with van der Waals surface area (Å²) in [5.41, 5.74) is 5.45. The van der Waals surface area contributed by atoms with E-state index in [0.717, 1.165) is 16.8 Å². The van der Waals surface area contributed by atoms with Crippen molar-refractivity contribution in [3.05, 3.63) is 38.7 Å². The smallest absolute Gasteiger partial charge is 0.239 e. The monoisotopic (exact) mass is 359 g/mol. The Labute approximate surface area is 149 Å². The minimum absolute atomic E-state index is 0.0626. The van der Waals surface area contributed by atoms with Gasteiger partial charge in [-0.25, -0.2) is 0 Å². The van der Waals surface area contributed by atoms with Crippen LogP contribution in [0, 0.1) is 9.87 Å². The summed E-state index contributed by atoms with van der Waals surface area (Å²) < 4.78 is 1.65. The zero-order valence-corrected chi connectivity index (χ0v) is 14.9. The van der Waals surface area contributed by atoms with Crippen LogP contribution in [-0.2, 0) is 4.79 Å². The van der Waals surface area contributed by atoms with Crippen LogP contribution in [0.25, 0.3) is 11.6 Å². The van der Waals surface area contributed by atoms with Crippen LogP contribution in [0.15, 0.2) is 29.3 Å². The van der Waals surface area contributed by atoms with Crippen molar-refractivity contribution >= 4 is 53.0 Å². The molecule has 0 saturated heterocycles. The summed E-state index contributed by atoms with van der Waals surface area (Å²) in [6.45, 7) is 3.91. The van der Waals surface area contributed by atoms with E-state index >= 15 is 0 Å². The first kappa shape index (κ1) is 16.6. The van der Waals surface area contributed by atoms with Crippen molar-refractivity contribution in [2.45, 2.75) is 20.3 Å². The molecule has 0 unspecified atom stereocenters. The highest BCUT2D eigenvalue weighted by Crippen LogP contribution is 2.35. The molecule has 1 aliphatic rings. The SMILES string of the molecule is CC(C)CC(=O)Nn1c(O)c(C=C2C=Nc3ccccc32)sc1=S. The summed E-state index contributed by atoms with van der Waals surface area (Å²) >= 11 is 6.49. The van der Waals surface area contributed by atoms with Gasteiger partial charge in [0.2, 0.25) is 11.8 Å². The second kappa shape index (κ2) is 6.70. The molecule has 1 aromatic heterocycles. The molecular weight excluding hydrogens is 342 g/mol. The number of allylic oxidation sites excluding steroid dienone is 1. The van der Waals surface area contributed by atoms with Gasteiger partial charge in [-0.3, -0.25) is 15.2 Å². The standard InChI is InChI=1S/C17H17N3O2S2/c1-10(2)7-15(21)19-20-16(22)14(24-17(20)23)8-11-9-18-13-6-4-3-5-12(11)13/h3-6,8-10,22H,7H2,1-2H3,(H,19,21). The van der Waals surface area contributed by atoms with Gasteiger partial charge in [-0.1, -0.05) is 43.4 Å². The maximum atomic E-state index is 11.9. The molecule has 7 heteroatoms. The molecule has 2 N–H and O–H groups in total. The number of rotatable bonds is 4. The van der Waals surface area contributed by atoms with Gasteiger partial charge in [-0.2, -0.15) is 4.68 Å². The van der Waals surface area contributed by atoms with E-state index in [4.69, 9.17) is 12.2 Å². The van der Waals surface area contributed by atoms with Crippen LogP contribution in [0.3, 0.4) is 0 Å². The molecule has 0 fully saturated rings. The largest absolute Gasteiger partial charge is 0.492 e. The molecule has 0 saturated carbocycles. The molecule has 124 valence electrons. The van der Waals surface area contributed by atoms with Crippen molar-refractivity contribution < 1.29 is 9.90 Å². The van der Waals surface area contributed by atoms with Crippen molar-refractivity contribution in [1.82, 2.24) is 4.68 Å². The first-order valence-electron chi connectivity index (χ1n) is 7.55. The van der Waals surface area contributed by atoms with E-state index in [1.807, 2.05) is 44.2 Å². The number of aromatic hydroxyl groups is 1. The molecule has 1 aliphatic heterocycles. The highest BCUT2D eigenvalue weighted by Gasteiger charge is 2.16. The molecule has 0 spiro atoms. The van der Waals surface area contributed by atoms with Gasteiger partial charge in [0.15, 0.2) is 3.95 Å². The zero-order valence-electron chi connectivity index (χ0n) is 13.3. The number of aromatic nitrogens is 1. The van der Waals surface area contributed by atoms with E-state index in [-0.39, 0.29) is 17.7 Å². The number of thiazole rings is 1. The average Bonchev–Trinajstić information content (AvgIpc) is 3.04. The summed E-state index contributed by atoms with van der Waals surface area (Å²) in [6, 6.07) is 7.79. The van der Waals surface area contributed by atoms with E-state index < -0.39 is 0 Å². The lowest BCUT2D eigenvalue weighted by atomic mass is 10.1. The minimum Gasteiger partial charge on any atom is -0.492 e. The summed E-state index contributed by atoms with van der Waals surface area (Å²) in [7, 11) is 0. The number of fused-ring (bicyclic) bond motifs is 1. The Bertz CT molecular complexity index is 907. The third-order valence-corrected chi connectivity index (χ3v) is 4.80. The maximum absolute atomic E-state index is 11.9. The summed E-state index contributed by atoms with van der Waals surface area (Å²) in [5.74, 6) is -0.0127. The molecule has 0 atom stereocenters. The zero-order chi connectivity index (χ0) is 17.3. The fraction of sp³-hybridized carbons (Fsp3) is 0.235. The molecule has 0 radical (unpaired) electrons. The molecule has 2 heterocycles. The van der Waals surface area contributed by atoms with Crippen LogP contribution in [0.2, 0.25) is 0 Å². The molecule has 3 rings (SSSR count). The molecule has 1 amide bonds. The van der Waals surface area contributed by atoms with E-state index in [2.05, 4.69) is 10.4 Å². The molecule has 0 aliphatic carbocycles. The van der Waals surface area contributed by atoms with Gasteiger partial charge in [-0.05, 0) is 30.3 Å². The second-order valence-corrected chi connectivity index (χ2v) is 7.57. The molecule has 5 nitrogen and oxygen atoms in total. The average molecular weight is 359 g/mol. The van der Waals surface area contributed by atoms with Gasteiger partial charge in [0.25, 0.3) is 0 Å². The molecule has 2 aromatic rings. The summed E-state index contributed by atoms with van der Waals surface area (Å²) in [6.07, 6.45) is 3.96. The van der Waals surface area contributed by atoms with Crippen LogP contribution >= 0.6 is 23.6 Å². The van der Waals surface area contributed by atoms with E-state index in [0.29, 0.717) is 15.3 Å². The van der Waals surface area contributed by atoms with Crippen molar-refractivity contribution in [2.75, 3.05) is 5.43 Å². The van der Waals surface area contributed by atoms with Gasteiger partial charge in [0.1, 0.15) is 0 Å². The van der Waals surface area contributed by atoms with Crippen molar-refractivity contribution in [2.24, 2.45) is 10.9 Å². The van der Waals surface area contributed by atoms with Gasteiger partial charge in [-0.15, -0.1) is 0 Å². The number of nitrogens with zero attached hydrogens (tertiary/aromatic N) is 2.